The summed E-state index contributed by atoms with van der Waals surface area (Å²) in [7, 11) is -2.14. The van der Waals surface area contributed by atoms with E-state index in [1.54, 1.807) is 0 Å². The summed E-state index contributed by atoms with van der Waals surface area (Å²) >= 11 is 3.37. The molecule has 2 atom stereocenters. The summed E-state index contributed by atoms with van der Waals surface area (Å²) in [5.41, 5.74) is -1.06. The molecule has 106 valence electrons. The van der Waals surface area contributed by atoms with Gasteiger partial charge in [0.05, 0.1) is 7.11 Å². The standard InChI is InChI=1S/C12H22BrO4P/c1-10(2,3)9-8(13)12(14,11(4,5)6)17-18(9,15)16-7/h14H,1-7H3. The molecule has 18 heavy (non-hydrogen) atoms. The van der Waals surface area contributed by atoms with Crippen molar-refractivity contribution in [3.8, 4) is 0 Å². The maximum absolute atomic E-state index is 12.7. The van der Waals surface area contributed by atoms with Gasteiger partial charge in [0.15, 0.2) is 0 Å². The number of rotatable bonds is 1. The molecule has 1 heterocycles. The number of allylic oxidation sites excluding steroid dienone is 1. The number of hydrogen-bond donors (Lipinski definition) is 1. The van der Waals surface area contributed by atoms with Gasteiger partial charge in [-0.1, -0.05) is 41.5 Å². The van der Waals surface area contributed by atoms with Crippen LogP contribution in [0.4, 0.5) is 0 Å². The van der Waals surface area contributed by atoms with Crippen LogP contribution in [-0.4, -0.2) is 18.0 Å². The van der Waals surface area contributed by atoms with E-state index in [4.69, 9.17) is 9.05 Å². The van der Waals surface area contributed by atoms with E-state index in [1.807, 2.05) is 41.5 Å². The molecule has 1 rings (SSSR count). The molecule has 6 heteroatoms. The lowest BCUT2D eigenvalue weighted by Crippen LogP contribution is -2.43. The Bertz CT molecular complexity index is 383. The maximum atomic E-state index is 12.7. The van der Waals surface area contributed by atoms with Crippen LogP contribution in [0.25, 0.3) is 0 Å². The molecule has 1 N–H and O–H groups in total. The molecule has 0 aromatic rings. The van der Waals surface area contributed by atoms with Crippen molar-refractivity contribution < 1.29 is 19.0 Å². The highest BCUT2D eigenvalue weighted by Crippen LogP contribution is 2.75. The summed E-state index contributed by atoms with van der Waals surface area (Å²) in [5, 5.41) is 11.2. The van der Waals surface area contributed by atoms with Gasteiger partial charge in [0.25, 0.3) is 13.7 Å². The zero-order valence-corrected chi connectivity index (χ0v) is 14.5. The van der Waals surface area contributed by atoms with Gasteiger partial charge in [0, 0.05) is 10.8 Å². The lowest BCUT2D eigenvalue weighted by Gasteiger charge is -2.36. The van der Waals surface area contributed by atoms with Crippen LogP contribution < -0.4 is 4.89 Å². The van der Waals surface area contributed by atoms with Crippen LogP contribution >= 0.6 is 23.9 Å². The minimum atomic E-state index is -3.47. The van der Waals surface area contributed by atoms with Crippen molar-refractivity contribution in [3.05, 3.63) is 9.80 Å². The molecule has 0 aromatic carbocycles. The predicted octanol–water partition coefficient (Wildman–Crippen LogP) is 3.17. The Morgan fingerprint density at radius 2 is 1.72 bits per heavy atom. The van der Waals surface area contributed by atoms with Gasteiger partial charge in [-0.3, -0.25) is 0 Å². The van der Waals surface area contributed by atoms with E-state index in [1.165, 1.54) is 7.11 Å². The molecule has 1 aliphatic rings. The molecule has 0 amide bonds. The quantitative estimate of drug-likeness (QED) is 0.744. The normalized spacial score (nSPS) is 34.3. The first-order chi connectivity index (χ1) is 7.79. The molecule has 0 fully saturated rings. The summed E-state index contributed by atoms with van der Waals surface area (Å²) < 4.78 is 11.0. The van der Waals surface area contributed by atoms with Crippen molar-refractivity contribution in [3.63, 3.8) is 0 Å². The van der Waals surface area contributed by atoms with E-state index in [9.17, 15) is 10.00 Å². The Morgan fingerprint density at radius 3 is 1.94 bits per heavy atom. The highest BCUT2D eigenvalue weighted by atomic mass is 79.9. The zero-order valence-electron chi connectivity index (χ0n) is 12.0. The minimum Gasteiger partial charge on any atom is -0.627 e. The summed E-state index contributed by atoms with van der Waals surface area (Å²) in [6, 6.07) is 0. The Morgan fingerprint density at radius 1 is 1.28 bits per heavy atom. The Balaban J connectivity index is 3.49. The SMILES string of the molecule is CO[P+]1([O-])OC(O)(C(C)(C)C)C(Br)=C1C(C)(C)C. The Hall–Kier alpha value is 0.490. The predicted molar refractivity (Wildman–Crippen MR) is 74.8 cm³/mol. The van der Waals surface area contributed by atoms with Gasteiger partial charge in [-0.2, -0.15) is 4.52 Å². The molecule has 0 saturated heterocycles. The Kier molecular flexibility index (Phi) is 4.14. The molecule has 0 aromatic heterocycles. The molecular weight excluding hydrogens is 319 g/mol. The molecule has 0 aliphatic carbocycles. The maximum Gasteiger partial charge on any atom is 0.273 e. The molecule has 0 bridgehead atoms. The van der Waals surface area contributed by atoms with E-state index in [0.29, 0.717) is 9.80 Å². The van der Waals surface area contributed by atoms with Crippen LogP contribution in [0, 0.1) is 10.8 Å². The fourth-order valence-electron chi connectivity index (χ4n) is 1.88. The van der Waals surface area contributed by atoms with Crippen molar-refractivity contribution in [2.24, 2.45) is 10.8 Å². The van der Waals surface area contributed by atoms with Crippen LogP contribution in [0.15, 0.2) is 9.80 Å². The van der Waals surface area contributed by atoms with Crippen LogP contribution in [0.2, 0.25) is 0 Å². The van der Waals surface area contributed by atoms with Crippen molar-refractivity contribution in [2.75, 3.05) is 7.11 Å². The van der Waals surface area contributed by atoms with Crippen molar-refractivity contribution in [1.29, 1.82) is 0 Å². The molecule has 4 nitrogen and oxygen atoms in total. The first-order valence-electron chi connectivity index (χ1n) is 5.80. The summed E-state index contributed by atoms with van der Waals surface area (Å²) in [6.07, 6.45) is 0. The van der Waals surface area contributed by atoms with Gasteiger partial charge in [0.1, 0.15) is 9.80 Å². The first-order valence-corrected chi connectivity index (χ1v) is 8.13. The van der Waals surface area contributed by atoms with Gasteiger partial charge in [-0.05, 0) is 15.9 Å². The average molecular weight is 341 g/mol. The van der Waals surface area contributed by atoms with Crippen molar-refractivity contribution in [2.45, 2.75) is 47.3 Å². The smallest absolute Gasteiger partial charge is 0.273 e. The van der Waals surface area contributed by atoms with E-state index in [0.717, 1.165) is 0 Å². The zero-order chi connectivity index (χ0) is 14.6. The second-order valence-electron chi connectivity index (χ2n) is 6.58. The van der Waals surface area contributed by atoms with Crippen molar-refractivity contribution in [1.82, 2.24) is 0 Å². The highest BCUT2D eigenvalue weighted by molar-refractivity contribution is 9.11. The third-order valence-electron chi connectivity index (χ3n) is 3.00. The van der Waals surface area contributed by atoms with Crippen LogP contribution in [0.3, 0.4) is 0 Å². The monoisotopic (exact) mass is 340 g/mol. The van der Waals surface area contributed by atoms with Gasteiger partial charge in [-0.25, -0.2) is 4.52 Å². The van der Waals surface area contributed by atoms with E-state index in [-0.39, 0.29) is 0 Å². The third-order valence-corrected chi connectivity index (χ3v) is 6.67. The van der Waals surface area contributed by atoms with Crippen LogP contribution in [0.5, 0.6) is 0 Å². The van der Waals surface area contributed by atoms with Gasteiger partial charge in [-0.15, -0.1) is 0 Å². The highest BCUT2D eigenvalue weighted by Gasteiger charge is 2.64. The molecule has 2 unspecified atom stereocenters. The lowest BCUT2D eigenvalue weighted by atomic mass is 9.83. The molecule has 0 radical (unpaired) electrons. The largest absolute Gasteiger partial charge is 0.627 e. The molecule has 1 aliphatic heterocycles. The molecule has 0 spiro atoms. The first kappa shape index (κ1) is 16.5. The molecular formula is C12H22BrO4P. The third kappa shape index (κ3) is 2.41. The van der Waals surface area contributed by atoms with E-state index in [2.05, 4.69) is 15.9 Å². The summed E-state index contributed by atoms with van der Waals surface area (Å²) in [4.78, 5) is 12.7. The minimum absolute atomic E-state index is 0.417. The van der Waals surface area contributed by atoms with Gasteiger partial charge < -0.3 is 10.00 Å². The average Bonchev–Trinajstić information content (AvgIpc) is 2.34. The van der Waals surface area contributed by atoms with Gasteiger partial charge >= 0.3 is 0 Å². The summed E-state index contributed by atoms with van der Waals surface area (Å²) in [5.74, 6) is -1.64. The topological polar surface area (TPSA) is 61.8 Å². The Labute approximate surface area is 118 Å². The second-order valence-corrected chi connectivity index (χ2v) is 9.36. The number of hydrogen-bond acceptors (Lipinski definition) is 4. The van der Waals surface area contributed by atoms with E-state index < -0.39 is 24.6 Å². The number of halogens is 1. The summed E-state index contributed by atoms with van der Waals surface area (Å²) in [6.45, 7) is 11.2. The van der Waals surface area contributed by atoms with Crippen LogP contribution in [-0.2, 0) is 9.05 Å². The van der Waals surface area contributed by atoms with Crippen molar-refractivity contribution >= 4 is 23.9 Å². The second kappa shape index (κ2) is 4.51. The molecule has 0 saturated carbocycles. The number of aliphatic hydroxyl groups is 1. The fourth-order valence-corrected chi connectivity index (χ4v) is 6.20. The lowest BCUT2D eigenvalue weighted by molar-refractivity contribution is -0.253. The van der Waals surface area contributed by atoms with E-state index >= 15 is 0 Å². The van der Waals surface area contributed by atoms with Gasteiger partial charge in [0.2, 0.25) is 0 Å². The fraction of sp³-hybridized carbons (Fsp3) is 0.833. The van der Waals surface area contributed by atoms with Crippen LogP contribution in [0.1, 0.15) is 41.5 Å².